The van der Waals surface area contributed by atoms with E-state index in [0.717, 1.165) is 0 Å². The normalized spacial score (nSPS) is 10.1. The lowest BCUT2D eigenvalue weighted by molar-refractivity contribution is -0.116. The second-order valence-corrected chi connectivity index (χ2v) is 7.81. The van der Waals surface area contributed by atoms with E-state index in [-0.39, 0.29) is 54.2 Å². The number of nitriles is 1. The number of hydrogen-bond acceptors (Lipinski definition) is 8. The fourth-order valence-electron chi connectivity index (χ4n) is 3.78. The summed E-state index contributed by atoms with van der Waals surface area (Å²) in [4.78, 5) is 29.5. The zero-order chi connectivity index (χ0) is 26.4. The number of furan rings is 1. The summed E-state index contributed by atoms with van der Waals surface area (Å²) >= 11 is 0. The Hall–Kier alpha value is -4.85. The molecule has 2 aromatic heterocycles. The van der Waals surface area contributed by atoms with Crippen LogP contribution in [0.15, 0.2) is 71.3 Å². The SMILES string of the molecule is COc1c(NC(=O)CCN)cccc1-c1cc(-c2ccccc2O)nc(NC(=O)c2ccco2)c1C#N.Cl. The third-order valence-corrected chi connectivity index (χ3v) is 5.44. The number of anilines is 2. The van der Waals surface area contributed by atoms with Crippen molar-refractivity contribution in [3.05, 3.63) is 78.3 Å². The molecular formula is C27H24ClN5O5. The van der Waals surface area contributed by atoms with Gasteiger partial charge in [0.2, 0.25) is 5.91 Å². The average molecular weight is 534 g/mol. The van der Waals surface area contributed by atoms with Gasteiger partial charge in [-0.05, 0) is 36.4 Å². The van der Waals surface area contributed by atoms with Crippen molar-refractivity contribution in [2.75, 3.05) is 24.3 Å². The molecule has 4 rings (SSSR count). The van der Waals surface area contributed by atoms with E-state index < -0.39 is 5.91 Å². The molecule has 2 heterocycles. The highest BCUT2D eigenvalue weighted by molar-refractivity contribution is 6.03. The van der Waals surface area contributed by atoms with Crippen LogP contribution in [0, 0.1) is 11.3 Å². The number of pyridine rings is 1. The minimum Gasteiger partial charge on any atom is -0.507 e. The van der Waals surface area contributed by atoms with Gasteiger partial charge in [-0.2, -0.15) is 5.26 Å². The minimum absolute atomic E-state index is 0. The maximum absolute atomic E-state index is 12.8. The molecule has 0 spiro atoms. The molecule has 11 heteroatoms. The zero-order valence-electron chi connectivity index (χ0n) is 20.2. The number of rotatable bonds is 8. The largest absolute Gasteiger partial charge is 0.507 e. The summed E-state index contributed by atoms with van der Waals surface area (Å²) in [6.07, 6.45) is 1.47. The van der Waals surface area contributed by atoms with Crippen LogP contribution in [0.3, 0.4) is 0 Å². The number of methoxy groups -OCH3 is 1. The minimum atomic E-state index is -0.607. The van der Waals surface area contributed by atoms with E-state index in [0.29, 0.717) is 33.8 Å². The van der Waals surface area contributed by atoms with Crippen LogP contribution in [-0.4, -0.2) is 35.6 Å². The van der Waals surface area contributed by atoms with E-state index in [2.05, 4.69) is 21.7 Å². The van der Waals surface area contributed by atoms with Gasteiger partial charge >= 0.3 is 0 Å². The first-order valence-corrected chi connectivity index (χ1v) is 11.2. The first-order chi connectivity index (χ1) is 18.0. The lowest BCUT2D eigenvalue weighted by Crippen LogP contribution is -2.17. The van der Waals surface area contributed by atoms with Gasteiger partial charge in [-0.3, -0.25) is 9.59 Å². The van der Waals surface area contributed by atoms with Gasteiger partial charge in [0.25, 0.3) is 5.91 Å². The average Bonchev–Trinajstić information content (AvgIpc) is 3.44. The summed E-state index contributed by atoms with van der Waals surface area (Å²) in [5.74, 6) is -0.661. The second-order valence-electron chi connectivity index (χ2n) is 7.81. The van der Waals surface area contributed by atoms with Crippen molar-refractivity contribution in [1.82, 2.24) is 4.98 Å². The molecule has 0 aliphatic carbocycles. The molecule has 10 nitrogen and oxygen atoms in total. The Bertz CT molecular complexity index is 1500. The molecule has 0 aliphatic heterocycles. The molecule has 0 radical (unpaired) electrons. The van der Waals surface area contributed by atoms with Crippen LogP contribution in [0.4, 0.5) is 11.5 Å². The standard InChI is InChI=1S/C27H23N5O5.ClH/c1-36-25-16(7-4-8-20(25)30-24(34)11-12-28)18-14-21(17-6-2-3-9-22(17)33)31-26(19(18)15-29)32-27(35)23-10-5-13-37-23;/h2-10,13-14,33H,11-12,28H2,1H3,(H,30,34)(H,31,32,35);1H. The summed E-state index contributed by atoms with van der Waals surface area (Å²) in [6, 6.07) is 18.4. The fourth-order valence-corrected chi connectivity index (χ4v) is 3.78. The molecule has 2 aromatic carbocycles. The number of aromatic hydroxyl groups is 1. The lowest BCUT2D eigenvalue weighted by atomic mass is 9.96. The van der Waals surface area contributed by atoms with Crippen LogP contribution in [0.25, 0.3) is 22.4 Å². The number of phenolic OH excluding ortho intramolecular Hbond substituents is 1. The smallest absolute Gasteiger partial charge is 0.292 e. The Morgan fingerprint density at radius 2 is 1.84 bits per heavy atom. The number of phenols is 1. The van der Waals surface area contributed by atoms with Crippen LogP contribution in [0.5, 0.6) is 11.5 Å². The highest BCUT2D eigenvalue weighted by Crippen LogP contribution is 2.42. The van der Waals surface area contributed by atoms with Gasteiger partial charge in [-0.25, -0.2) is 4.98 Å². The number of carbonyl (C=O) groups excluding carboxylic acids is 2. The predicted octanol–water partition coefficient (Wildman–Crippen LogP) is 4.56. The number of para-hydroxylation sites is 2. The van der Waals surface area contributed by atoms with Crippen molar-refractivity contribution in [2.24, 2.45) is 5.73 Å². The molecule has 0 unspecified atom stereocenters. The van der Waals surface area contributed by atoms with Crippen molar-refractivity contribution in [2.45, 2.75) is 6.42 Å². The number of hydrogen-bond donors (Lipinski definition) is 4. The highest BCUT2D eigenvalue weighted by Gasteiger charge is 2.23. The Kier molecular flexibility index (Phi) is 9.05. The molecule has 4 aromatic rings. The number of carbonyl (C=O) groups is 2. The molecule has 5 N–H and O–H groups in total. The zero-order valence-corrected chi connectivity index (χ0v) is 21.0. The molecule has 0 fully saturated rings. The first kappa shape index (κ1) is 27.7. The van der Waals surface area contributed by atoms with Gasteiger partial charge in [0.05, 0.1) is 24.8 Å². The summed E-state index contributed by atoms with van der Waals surface area (Å²) in [5.41, 5.74) is 7.40. The highest BCUT2D eigenvalue weighted by atomic mass is 35.5. The van der Waals surface area contributed by atoms with Gasteiger partial charge < -0.3 is 30.6 Å². The van der Waals surface area contributed by atoms with Gasteiger partial charge in [-0.15, -0.1) is 12.4 Å². The first-order valence-electron chi connectivity index (χ1n) is 11.2. The maximum atomic E-state index is 12.8. The van der Waals surface area contributed by atoms with Crippen molar-refractivity contribution in [3.63, 3.8) is 0 Å². The number of amides is 2. The van der Waals surface area contributed by atoms with Gasteiger partial charge in [0, 0.05) is 29.7 Å². The second kappa shape index (κ2) is 12.4. The monoisotopic (exact) mass is 533 g/mol. The summed E-state index contributed by atoms with van der Waals surface area (Å²) in [6.45, 7) is 0.180. The quantitative estimate of drug-likeness (QED) is 0.256. The van der Waals surface area contributed by atoms with Crippen LogP contribution >= 0.6 is 12.4 Å². The molecule has 0 bridgehead atoms. The number of aromatic nitrogens is 1. The molecule has 0 saturated carbocycles. The molecule has 0 atom stereocenters. The molecule has 0 saturated heterocycles. The lowest BCUT2D eigenvalue weighted by Gasteiger charge is -2.18. The number of ether oxygens (including phenoxy) is 1. The van der Waals surface area contributed by atoms with Crippen molar-refractivity contribution >= 4 is 35.7 Å². The Labute approximate surface area is 224 Å². The van der Waals surface area contributed by atoms with Crippen molar-refractivity contribution < 1.29 is 23.8 Å². The topological polar surface area (TPSA) is 163 Å². The molecule has 2 amide bonds. The van der Waals surface area contributed by atoms with Crippen molar-refractivity contribution in [1.29, 1.82) is 5.26 Å². The summed E-state index contributed by atoms with van der Waals surface area (Å²) in [5, 5.41) is 26.0. The summed E-state index contributed by atoms with van der Waals surface area (Å²) in [7, 11) is 1.44. The number of nitrogens with two attached hydrogens (primary N) is 1. The van der Waals surface area contributed by atoms with E-state index in [1.807, 2.05) is 0 Å². The van der Waals surface area contributed by atoms with Crippen LogP contribution in [0.2, 0.25) is 0 Å². The van der Waals surface area contributed by atoms with Crippen LogP contribution < -0.4 is 21.1 Å². The summed E-state index contributed by atoms with van der Waals surface area (Å²) < 4.78 is 10.8. The number of benzene rings is 2. The Morgan fingerprint density at radius 1 is 1.08 bits per heavy atom. The van der Waals surface area contributed by atoms with Gasteiger partial charge in [0.15, 0.2) is 11.6 Å². The Morgan fingerprint density at radius 3 is 2.50 bits per heavy atom. The molecule has 194 valence electrons. The molecule has 38 heavy (non-hydrogen) atoms. The number of nitrogens with zero attached hydrogens (tertiary/aromatic N) is 2. The number of nitrogens with one attached hydrogen (secondary N) is 2. The molecular weight excluding hydrogens is 510 g/mol. The molecule has 0 aliphatic rings. The predicted molar refractivity (Wildman–Crippen MR) is 144 cm³/mol. The third kappa shape index (κ3) is 5.75. The maximum Gasteiger partial charge on any atom is 0.292 e. The fraction of sp³-hybridized carbons (Fsp3) is 0.111. The number of halogens is 1. The van der Waals surface area contributed by atoms with E-state index in [1.165, 1.54) is 25.5 Å². The van der Waals surface area contributed by atoms with Crippen molar-refractivity contribution in [3.8, 4) is 40.0 Å². The van der Waals surface area contributed by atoms with E-state index >= 15 is 0 Å². The van der Waals surface area contributed by atoms with E-state index in [9.17, 15) is 20.0 Å². The van der Waals surface area contributed by atoms with Gasteiger partial charge in [-0.1, -0.05) is 24.3 Å². The van der Waals surface area contributed by atoms with Crippen LogP contribution in [-0.2, 0) is 4.79 Å². The van der Waals surface area contributed by atoms with Gasteiger partial charge in [0.1, 0.15) is 23.1 Å². The third-order valence-electron chi connectivity index (χ3n) is 5.44. The Balaban J connectivity index is 0.00000400. The van der Waals surface area contributed by atoms with E-state index in [1.54, 1.807) is 48.5 Å². The van der Waals surface area contributed by atoms with Crippen LogP contribution in [0.1, 0.15) is 22.5 Å². The van der Waals surface area contributed by atoms with E-state index in [4.69, 9.17) is 14.9 Å².